The molecule has 0 aliphatic heterocycles. The normalized spacial score (nSPS) is 10.9. The van der Waals surface area contributed by atoms with Gasteiger partial charge in [-0.15, -0.1) is 5.73 Å². The van der Waals surface area contributed by atoms with Gasteiger partial charge in [-0.2, -0.15) is 13.2 Å². The van der Waals surface area contributed by atoms with Crippen LogP contribution in [0.25, 0.3) is 5.57 Å². The summed E-state index contributed by atoms with van der Waals surface area (Å²) in [5.74, 6) is 0. The molecule has 1 aromatic carbocycles. The maximum atomic E-state index is 12.7. The van der Waals surface area contributed by atoms with E-state index in [4.69, 9.17) is 23.2 Å². The molecule has 0 atom stereocenters. The molecule has 0 bridgehead atoms. The fraction of sp³-hybridized carbons (Fsp3) is 0.182. The largest absolute Gasteiger partial charge is 0.424 e. The van der Waals surface area contributed by atoms with Crippen LogP contribution in [0.4, 0.5) is 13.2 Å². The highest BCUT2D eigenvalue weighted by molar-refractivity contribution is 6.34. The molecule has 0 radical (unpaired) electrons. The van der Waals surface area contributed by atoms with Crippen LogP contribution in [0.15, 0.2) is 30.0 Å². The lowest BCUT2D eigenvalue weighted by Crippen LogP contribution is -2.09. The summed E-state index contributed by atoms with van der Waals surface area (Å²) in [6.07, 6.45) is -3.29. The summed E-state index contributed by atoms with van der Waals surface area (Å²) in [6.45, 7) is 1.46. The van der Waals surface area contributed by atoms with Gasteiger partial charge in [0.25, 0.3) is 0 Å². The van der Waals surface area contributed by atoms with E-state index in [2.05, 4.69) is 5.73 Å². The highest BCUT2D eigenvalue weighted by Gasteiger charge is 2.34. The van der Waals surface area contributed by atoms with Gasteiger partial charge in [0.05, 0.1) is 0 Å². The average molecular weight is 267 g/mol. The smallest absolute Gasteiger partial charge is 0.165 e. The van der Waals surface area contributed by atoms with E-state index in [9.17, 15) is 13.2 Å². The highest BCUT2D eigenvalue weighted by Crippen LogP contribution is 2.35. The fourth-order valence-electron chi connectivity index (χ4n) is 1.17. The second-order valence-electron chi connectivity index (χ2n) is 2.96. The molecule has 5 heteroatoms. The zero-order valence-electron chi connectivity index (χ0n) is 8.20. The van der Waals surface area contributed by atoms with E-state index >= 15 is 0 Å². The van der Waals surface area contributed by atoms with Crippen LogP contribution in [-0.4, -0.2) is 6.18 Å². The van der Waals surface area contributed by atoms with Gasteiger partial charge in [-0.25, -0.2) is 0 Å². The Morgan fingerprint density at radius 2 is 1.69 bits per heavy atom. The molecule has 1 aromatic rings. The quantitative estimate of drug-likeness (QED) is 0.620. The number of hydrogen-bond acceptors (Lipinski definition) is 0. The molecular formula is C11H7Cl2F3. The van der Waals surface area contributed by atoms with Gasteiger partial charge < -0.3 is 0 Å². The van der Waals surface area contributed by atoms with Gasteiger partial charge in [-0.05, 0) is 36.8 Å². The first-order chi connectivity index (χ1) is 7.34. The van der Waals surface area contributed by atoms with Crippen molar-refractivity contribution in [3.05, 3.63) is 45.6 Å². The van der Waals surface area contributed by atoms with E-state index in [0.29, 0.717) is 0 Å². The maximum Gasteiger partial charge on any atom is 0.424 e. The Labute approximate surface area is 101 Å². The molecule has 0 nitrogen and oxygen atoms in total. The predicted octanol–water partition coefficient (Wildman–Crippen LogP) is 5.11. The van der Waals surface area contributed by atoms with Crippen LogP contribution in [0.1, 0.15) is 12.5 Å². The van der Waals surface area contributed by atoms with E-state index in [1.165, 1.54) is 31.2 Å². The Kier molecular flexibility index (Phi) is 4.09. The second-order valence-corrected chi connectivity index (χ2v) is 3.84. The van der Waals surface area contributed by atoms with Crippen molar-refractivity contribution in [3.63, 3.8) is 0 Å². The van der Waals surface area contributed by atoms with Crippen molar-refractivity contribution in [3.8, 4) is 0 Å². The Bertz CT molecular complexity index is 435. The lowest BCUT2D eigenvalue weighted by molar-refractivity contribution is -0.0687. The van der Waals surface area contributed by atoms with Crippen LogP contribution in [0.5, 0.6) is 0 Å². The first-order valence-electron chi connectivity index (χ1n) is 4.29. The number of benzene rings is 1. The van der Waals surface area contributed by atoms with Crippen molar-refractivity contribution in [1.29, 1.82) is 0 Å². The molecule has 0 aromatic heterocycles. The van der Waals surface area contributed by atoms with E-state index in [-0.39, 0.29) is 15.6 Å². The molecule has 0 spiro atoms. The lowest BCUT2D eigenvalue weighted by Gasteiger charge is -2.10. The molecule has 0 saturated heterocycles. The molecule has 1 rings (SSSR count). The minimum atomic E-state index is -4.49. The summed E-state index contributed by atoms with van der Waals surface area (Å²) in [5, 5.41) is 0.310. The Balaban J connectivity index is 3.40. The van der Waals surface area contributed by atoms with Crippen LogP contribution >= 0.6 is 23.2 Å². The second kappa shape index (κ2) is 4.96. The number of alkyl halides is 3. The summed E-state index contributed by atoms with van der Waals surface area (Å²) in [4.78, 5) is 0. The van der Waals surface area contributed by atoms with Gasteiger partial charge in [-0.1, -0.05) is 23.2 Å². The molecule has 0 amide bonds. The van der Waals surface area contributed by atoms with Gasteiger partial charge in [-0.3, -0.25) is 0 Å². The summed E-state index contributed by atoms with van der Waals surface area (Å²) < 4.78 is 38.0. The SMILES string of the molecule is CC=C=C(c1cc(Cl)cc(Cl)c1)C(F)(F)F. The van der Waals surface area contributed by atoms with Crippen LogP contribution in [0, 0.1) is 0 Å². The van der Waals surface area contributed by atoms with Gasteiger partial charge in [0.1, 0.15) is 5.57 Å². The number of hydrogen-bond donors (Lipinski definition) is 0. The molecule has 0 aliphatic carbocycles. The zero-order valence-corrected chi connectivity index (χ0v) is 9.71. The van der Waals surface area contributed by atoms with Crippen molar-refractivity contribution < 1.29 is 13.2 Å². The molecule has 0 saturated carbocycles. The van der Waals surface area contributed by atoms with Crippen LogP contribution in [-0.2, 0) is 0 Å². The average Bonchev–Trinajstić information content (AvgIpc) is 2.10. The summed E-state index contributed by atoms with van der Waals surface area (Å²) in [5.41, 5.74) is 1.16. The van der Waals surface area contributed by atoms with Crippen molar-refractivity contribution >= 4 is 28.8 Å². The minimum absolute atomic E-state index is 0.0944. The van der Waals surface area contributed by atoms with Crippen molar-refractivity contribution in [2.45, 2.75) is 13.1 Å². The van der Waals surface area contributed by atoms with Crippen molar-refractivity contribution in [1.82, 2.24) is 0 Å². The highest BCUT2D eigenvalue weighted by atomic mass is 35.5. The van der Waals surface area contributed by atoms with Gasteiger partial charge in [0.15, 0.2) is 0 Å². The van der Waals surface area contributed by atoms with Crippen molar-refractivity contribution in [2.75, 3.05) is 0 Å². The van der Waals surface area contributed by atoms with Gasteiger partial charge in [0, 0.05) is 10.0 Å². The molecule has 0 aliphatic rings. The first-order valence-corrected chi connectivity index (χ1v) is 5.05. The summed E-state index contributed by atoms with van der Waals surface area (Å²) in [6, 6.07) is 3.77. The molecule has 0 N–H and O–H groups in total. The molecule has 0 unspecified atom stereocenters. The van der Waals surface area contributed by atoms with E-state index < -0.39 is 11.7 Å². The zero-order chi connectivity index (χ0) is 12.3. The number of halogens is 5. The van der Waals surface area contributed by atoms with Crippen LogP contribution in [0.3, 0.4) is 0 Å². The topological polar surface area (TPSA) is 0 Å². The Morgan fingerprint density at radius 1 is 1.19 bits per heavy atom. The Morgan fingerprint density at radius 3 is 2.06 bits per heavy atom. The number of rotatable bonds is 1. The fourth-order valence-corrected chi connectivity index (χ4v) is 1.70. The van der Waals surface area contributed by atoms with Crippen molar-refractivity contribution in [2.24, 2.45) is 0 Å². The first kappa shape index (κ1) is 13.2. The molecule has 16 heavy (non-hydrogen) atoms. The van der Waals surface area contributed by atoms with E-state index in [1.807, 2.05) is 0 Å². The Hall–Kier alpha value is -0.890. The van der Waals surface area contributed by atoms with E-state index in [1.54, 1.807) is 0 Å². The van der Waals surface area contributed by atoms with E-state index in [0.717, 1.165) is 0 Å². The molecular weight excluding hydrogens is 260 g/mol. The minimum Gasteiger partial charge on any atom is -0.165 e. The predicted molar refractivity (Wildman–Crippen MR) is 59.7 cm³/mol. The standard InChI is InChI=1S/C11H7Cl2F3/c1-2-3-10(11(14,15)16)7-4-8(12)6-9(13)5-7/h2,4-6H,1H3. The van der Waals surface area contributed by atoms with Crippen LogP contribution in [0.2, 0.25) is 10.0 Å². The summed E-state index contributed by atoms with van der Waals surface area (Å²) in [7, 11) is 0. The summed E-state index contributed by atoms with van der Waals surface area (Å²) >= 11 is 11.3. The van der Waals surface area contributed by atoms with Crippen LogP contribution < -0.4 is 0 Å². The van der Waals surface area contributed by atoms with Gasteiger partial charge >= 0.3 is 6.18 Å². The third-order valence-electron chi connectivity index (χ3n) is 1.72. The van der Waals surface area contributed by atoms with Gasteiger partial charge in [0.2, 0.25) is 0 Å². The molecule has 86 valence electrons. The third-order valence-corrected chi connectivity index (χ3v) is 2.16. The molecule has 0 heterocycles. The monoisotopic (exact) mass is 266 g/mol. The molecule has 0 fully saturated rings. The lowest BCUT2D eigenvalue weighted by atomic mass is 10.1. The third kappa shape index (κ3) is 3.31. The maximum absolute atomic E-state index is 12.7. The number of allylic oxidation sites excluding steroid dienone is 1.